The van der Waals surface area contributed by atoms with Crippen LogP contribution in [0.5, 0.6) is 5.75 Å². The Bertz CT molecular complexity index is 666. The lowest BCUT2D eigenvalue weighted by atomic mass is 9.89. The topological polar surface area (TPSA) is 75.3 Å². The number of nitrogens with two attached hydrogens (primary N) is 1. The van der Waals surface area contributed by atoms with E-state index in [1.165, 1.54) is 5.56 Å². The van der Waals surface area contributed by atoms with Crippen molar-refractivity contribution in [2.24, 2.45) is 5.73 Å². The van der Waals surface area contributed by atoms with Gasteiger partial charge in [-0.05, 0) is 49.9 Å². The fraction of sp³-hybridized carbons (Fsp3) is 0.444. The lowest BCUT2D eigenvalue weighted by Crippen LogP contribution is -2.33. The molecule has 1 aliphatic rings. The molecule has 0 amide bonds. The molecule has 3 rings (SSSR count). The van der Waals surface area contributed by atoms with Crippen molar-refractivity contribution in [1.82, 2.24) is 9.97 Å². The molecule has 0 atom stereocenters. The molecule has 1 aliphatic heterocycles. The van der Waals surface area contributed by atoms with E-state index >= 15 is 0 Å². The van der Waals surface area contributed by atoms with Gasteiger partial charge in [0.1, 0.15) is 17.4 Å². The lowest BCUT2D eigenvalue weighted by Gasteiger charge is -2.33. The van der Waals surface area contributed by atoms with Crippen molar-refractivity contribution in [3.63, 3.8) is 0 Å². The van der Waals surface area contributed by atoms with Crippen molar-refractivity contribution in [1.29, 1.82) is 0 Å². The predicted octanol–water partition coefficient (Wildman–Crippen LogP) is 2.38. The van der Waals surface area contributed by atoms with Gasteiger partial charge in [-0.1, -0.05) is 12.1 Å². The molecular weight excluding hydrogens is 288 g/mol. The standard InChI is InChI=1S/C18H24N4O/c1-13-20-16(5-8-19)12-18(21-13)22-9-6-14(7-10-22)15-3-2-4-17(23)11-15/h2-4,11-12,14,23H,5-10,19H2,1H3. The van der Waals surface area contributed by atoms with Gasteiger partial charge in [0.15, 0.2) is 0 Å². The highest BCUT2D eigenvalue weighted by Gasteiger charge is 2.22. The number of anilines is 1. The van der Waals surface area contributed by atoms with Crippen LogP contribution >= 0.6 is 0 Å². The van der Waals surface area contributed by atoms with Crippen LogP contribution in [0, 0.1) is 6.92 Å². The molecule has 1 aromatic heterocycles. The molecule has 1 fully saturated rings. The monoisotopic (exact) mass is 312 g/mol. The van der Waals surface area contributed by atoms with Gasteiger partial charge in [-0.25, -0.2) is 9.97 Å². The van der Waals surface area contributed by atoms with E-state index in [1.54, 1.807) is 6.07 Å². The van der Waals surface area contributed by atoms with Gasteiger partial charge >= 0.3 is 0 Å². The molecule has 0 bridgehead atoms. The Hall–Kier alpha value is -2.14. The molecule has 5 nitrogen and oxygen atoms in total. The number of hydrogen-bond donors (Lipinski definition) is 2. The molecule has 1 aromatic carbocycles. The van der Waals surface area contributed by atoms with E-state index in [1.807, 2.05) is 19.1 Å². The van der Waals surface area contributed by atoms with E-state index in [9.17, 15) is 5.11 Å². The first-order valence-corrected chi connectivity index (χ1v) is 8.24. The zero-order chi connectivity index (χ0) is 16.2. The fourth-order valence-corrected chi connectivity index (χ4v) is 3.27. The van der Waals surface area contributed by atoms with E-state index in [-0.39, 0.29) is 0 Å². The molecule has 0 aliphatic carbocycles. The third-order valence-electron chi connectivity index (χ3n) is 4.44. The molecule has 0 unspecified atom stereocenters. The summed E-state index contributed by atoms with van der Waals surface area (Å²) in [4.78, 5) is 11.4. The van der Waals surface area contributed by atoms with Crippen LogP contribution in [0.4, 0.5) is 5.82 Å². The van der Waals surface area contributed by atoms with Crippen LogP contribution in [0.1, 0.15) is 35.8 Å². The summed E-state index contributed by atoms with van der Waals surface area (Å²) in [5, 5.41) is 9.65. The second-order valence-electron chi connectivity index (χ2n) is 6.16. The first-order valence-electron chi connectivity index (χ1n) is 8.24. The highest BCUT2D eigenvalue weighted by atomic mass is 16.3. The number of aromatic nitrogens is 2. The van der Waals surface area contributed by atoms with E-state index in [0.29, 0.717) is 18.2 Å². The summed E-state index contributed by atoms with van der Waals surface area (Å²) in [6.45, 7) is 4.48. The SMILES string of the molecule is Cc1nc(CCN)cc(N2CCC(c3cccc(O)c3)CC2)n1. The van der Waals surface area contributed by atoms with Crippen LogP contribution in [-0.2, 0) is 6.42 Å². The van der Waals surface area contributed by atoms with Crippen molar-refractivity contribution in [2.75, 3.05) is 24.5 Å². The Morgan fingerprint density at radius 3 is 2.70 bits per heavy atom. The second kappa shape index (κ2) is 6.96. The van der Waals surface area contributed by atoms with Gasteiger partial charge in [-0.2, -0.15) is 0 Å². The van der Waals surface area contributed by atoms with Gasteiger partial charge in [-0.3, -0.25) is 0 Å². The number of piperidine rings is 1. The summed E-state index contributed by atoms with van der Waals surface area (Å²) in [5.41, 5.74) is 7.89. The third-order valence-corrected chi connectivity index (χ3v) is 4.44. The molecule has 1 saturated heterocycles. The van der Waals surface area contributed by atoms with Crippen LogP contribution < -0.4 is 10.6 Å². The molecule has 0 radical (unpaired) electrons. The number of aryl methyl sites for hydroxylation is 1. The molecule has 0 saturated carbocycles. The van der Waals surface area contributed by atoms with Crippen LogP contribution in [0.25, 0.3) is 0 Å². The zero-order valence-electron chi connectivity index (χ0n) is 13.6. The summed E-state index contributed by atoms with van der Waals surface area (Å²) in [6, 6.07) is 9.70. The number of aromatic hydroxyl groups is 1. The molecule has 23 heavy (non-hydrogen) atoms. The van der Waals surface area contributed by atoms with Crippen LogP contribution in [0.15, 0.2) is 30.3 Å². The van der Waals surface area contributed by atoms with Crippen molar-refractivity contribution >= 4 is 5.82 Å². The van der Waals surface area contributed by atoms with E-state index in [2.05, 4.69) is 27.0 Å². The minimum absolute atomic E-state index is 0.350. The van der Waals surface area contributed by atoms with Gasteiger partial charge < -0.3 is 15.7 Å². The second-order valence-corrected chi connectivity index (χ2v) is 6.16. The highest BCUT2D eigenvalue weighted by Crippen LogP contribution is 2.31. The lowest BCUT2D eigenvalue weighted by molar-refractivity contribution is 0.468. The van der Waals surface area contributed by atoms with Gasteiger partial charge in [0.2, 0.25) is 0 Å². The van der Waals surface area contributed by atoms with E-state index < -0.39 is 0 Å². The van der Waals surface area contributed by atoms with Gasteiger partial charge in [-0.15, -0.1) is 0 Å². The Kier molecular flexibility index (Phi) is 4.76. The quantitative estimate of drug-likeness (QED) is 0.906. The van der Waals surface area contributed by atoms with Gasteiger partial charge in [0.05, 0.1) is 0 Å². The number of phenolic OH excluding ortho intramolecular Hbond substituents is 1. The maximum absolute atomic E-state index is 9.65. The summed E-state index contributed by atoms with van der Waals surface area (Å²) in [7, 11) is 0. The molecule has 122 valence electrons. The van der Waals surface area contributed by atoms with E-state index in [0.717, 1.165) is 49.7 Å². The van der Waals surface area contributed by atoms with Crippen LogP contribution in [0.3, 0.4) is 0 Å². The first-order chi connectivity index (χ1) is 11.2. The average molecular weight is 312 g/mol. The molecule has 0 spiro atoms. The number of benzene rings is 1. The van der Waals surface area contributed by atoms with Crippen LogP contribution in [-0.4, -0.2) is 34.7 Å². The minimum atomic E-state index is 0.350. The van der Waals surface area contributed by atoms with Crippen molar-refractivity contribution in [3.8, 4) is 5.75 Å². The van der Waals surface area contributed by atoms with E-state index in [4.69, 9.17) is 5.73 Å². The summed E-state index contributed by atoms with van der Waals surface area (Å²) in [5.74, 6) is 2.67. The maximum atomic E-state index is 9.65. The summed E-state index contributed by atoms with van der Waals surface area (Å²) >= 11 is 0. The van der Waals surface area contributed by atoms with Crippen LogP contribution in [0.2, 0.25) is 0 Å². The molecule has 2 heterocycles. The normalized spacial score (nSPS) is 15.8. The number of nitrogens with zero attached hydrogens (tertiary/aromatic N) is 3. The number of hydrogen-bond acceptors (Lipinski definition) is 5. The largest absolute Gasteiger partial charge is 0.508 e. The Morgan fingerprint density at radius 2 is 2.00 bits per heavy atom. The predicted molar refractivity (Wildman–Crippen MR) is 91.8 cm³/mol. The van der Waals surface area contributed by atoms with Crippen molar-refractivity contribution < 1.29 is 5.11 Å². The Balaban J connectivity index is 1.69. The average Bonchev–Trinajstić information content (AvgIpc) is 2.55. The smallest absolute Gasteiger partial charge is 0.132 e. The molecular formula is C18H24N4O. The Labute approximate surface area is 137 Å². The molecule has 2 aromatic rings. The summed E-state index contributed by atoms with van der Waals surface area (Å²) in [6.07, 6.45) is 2.92. The van der Waals surface area contributed by atoms with Gasteiger partial charge in [0, 0.05) is 31.3 Å². The minimum Gasteiger partial charge on any atom is -0.508 e. The summed E-state index contributed by atoms with van der Waals surface area (Å²) < 4.78 is 0. The van der Waals surface area contributed by atoms with Gasteiger partial charge in [0.25, 0.3) is 0 Å². The molecule has 3 N–H and O–H groups in total. The zero-order valence-corrected chi connectivity index (χ0v) is 13.6. The first kappa shape index (κ1) is 15.7. The Morgan fingerprint density at radius 1 is 1.22 bits per heavy atom. The highest BCUT2D eigenvalue weighted by molar-refractivity contribution is 5.41. The third kappa shape index (κ3) is 3.79. The number of phenols is 1. The number of rotatable bonds is 4. The van der Waals surface area contributed by atoms with Crippen molar-refractivity contribution in [3.05, 3.63) is 47.4 Å². The molecule has 5 heteroatoms. The maximum Gasteiger partial charge on any atom is 0.132 e. The van der Waals surface area contributed by atoms with Crippen molar-refractivity contribution in [2.45, 2.75) is 32.1 Å². The fourth-order valence-electron chi connectivity index (χ4n) is 3.27.